The van der Waals surface area contributed by atoms with E-state index in [0.29, 0.717) is 29.4 Å². The van der Waals surface area contributed by atoms with E-state index in [1.165, 1.54) is 38.4 Å². The van der Waals surface area contributed by atoms with Gasteiger partial charge in [0.2, 0.25) is 21.7 Å². The number of amides is 1. The van der Waals surface area contributed by atoms with Gasteiger partial charge in [-0.05, 0) is 48.0 Å². The third-order valence-electron chi connectivity index (χ3n) is 4.91. The van der Waals surface area contributed by atoms with Crippen molar-refractivity contribution < 1.29 is 17.7 Å². The van der Waals surface area contributed by atoms with Gasteiger partial charge in [0, 0.05) is 43.3 Å². The van der Waals surface area contributed by atoms with Crippen LogP contribution in [0.15, 0.2) is 82.5 Å². The van der Waals surface area contributed by atoms with E-state index in [2.05, 4.69) is 20.4 Å². The van der Waals surface area contributed by atoms with Crippen LogP contribution < -0.4 is 5.32 Å². The molecule has 0 bridgehead atoms. The number of sulfonamides is 1. The van der Waals surface area contributed by atoms with Crippen LogP contribution in [0.1, 0.15) is 21.8 Å². The summed E-state index contributed by atoms with van der Waals surface area (Å²) in [5.74, 6) is 0.502. The summed E-state index contributed by atoms with van der Waals surface area (Å²) in [6.45, 7) is 0. The zero-order chi connectivity index (χ0) is 23.4. The van der Waals surface area contributed by atoms with Gasteiger partial charge in [-0.1, -0.05) is 23.4 Å². The van der Waals surface area contributed by atoms with Gasteiger partial charge in [-0.3, -0.25) is 9.78 Å². The smallest absolute Gasteiger partial charge is 0.255 e. The normalized spacial score (nSPS) is 11.5. The number of hydrogen-bond acceptors (Lipinski definition) is 7. The van der Waals surface area contributed by atoms with Crippen LogP contribution in [-0.4, -0.2) is 47.9 Å². The summed E-state index contributed by atoms with van der Waals surface area (Å²) in [5.41, 5.74) is 2.51. The Hall–Kier alpha value is -3.89. The molecule has 4 rings (SSSR count). The van der Waals surface area contributed by atoms with Gasteiger partial charge in [0.15, 0.2) is 0 Å². The topological polar surface area (TPSA) is 118 Å². The van der Waals surface area contributed by atoms with E-state index in [0.717, 1.165) is 15.4 Å². The monoisotopic (exact) mass is 463 g/mol. The standard InChI is InChI=1S/C23H21N5O4S/c1-28(2)33(30,31)19-9-7-17(8-10-19)23(29)25-20-6-4-3-5-18(20)15-21-26-22(27-32-21)16-11-13-24-14-12-16/h3-14H,15H2,1-2H3,(H,25,29). The highest BCUT2D eigenvalue weighted by molar-refractivity contribution is 7.89. The average molecular weight is 464 g/mol. The second-order valence-electron chi connectivity index (χ2n) is 7.35. The van der Waals surface area contributed by atoms with Gasteiger partial charge < -0.3 is 9.84 Å². The number of benzene rings is 2. The number of carbonyl (C=O) groups excluding carboxylic acids is 1. The Morgan fingerprint density at radius 1 is 1.00 bits per heavy atom. The van der Waals surface area contributed by atoms with Gasteiger partial charge in [-0.25, -0.2) is 12.7 Å². The molecule has 0 atom stereocenters. The van der Waals surface area contributed by atoms with Gasteiger partial charge >= 0.3 is 0 Å². The molecule has 168 valence electrons. The summed E-state index contributed by atoms with van der Waals surface area (Å²) in [6, 6.07) is 16.7. The summed E-state index contributed by atoms with van der Waals surface area (Å²) in [6.07, 6.45) is 3.63. The molecular formula is C23H21N5O4S. The second kappa shape index (κ2) is 9.31. The fourth-order valence-electron chi connectivity index (χ4n) is 3.09. The summed E-state index contributed by atoms with van der Waals surface area (Å²) in [4.78, 5) is 21.3. The van der Waals surface area contributed by atoms with Crippen molar-refractivity contribution in [1.29, 1.82) is 0 Å². The molecule has 0 radical (unpaired) electrons. The third-order valence-corrected chi connectivity index (χ3v) is 6.74. The largest absolute Gasteiger partial charge is 0.339 e. The Morgan fingerprint density at radius 3 is 2.39 bits per heavy atom. The number of nitrogens with zero attached hydrogens (tertiary/aromatic N) is 4. The quantitative estimate of drug-likeness (QED) is 0.447. The maximum absolute atomic E-state index is 12.8. The molecule has 1 amide bonds. The molecule has 2 aromatic heterocycles. The Kier molecular flexibility index (Phi) is 6.29. The first-order chi connectivity index (χ1) is 15.8. The number of aromatic nitrogens is 3. The summed E-state index contributed by atoms with van der Waals surface area (Å²) in [7, 11) is -0.654. The van der Waals surface area contributed by atoms with Crippen LogP contribution >= 0.6 is 0 Å². The fourth-order valence-corrected chi connectivity index (χ4v) is 3.99. The SMILES string of the molecule is CN(C)S(=O)(=O)c1ccc(C(=O)Nc2ccccc2Cc2nc(-c3ccncc3)no2)cc1. The Bertz CT molecular complexity index is 1370. The van der Waals surface area contributed by atoms with E-state index in [-0.39, 0.29) is 10.8 Å². The zero-order valence-corrected chi connectivity index (χ0v) is 18.8. The molecule has 0 aliphatic rings. The molecule has 0 aliphatic carbocycles. The van der Waals surface area contributed by atoms with Crippen LogP contribution in [-0.2, 0) is 16.4 Å². The number of pyridine rings is 1. The first-order valence-electron chi connectivity index (χ1n) is 9.99. The van der Waals surface area contributed by atoms with Crippen LogP contribution in [0.5, 0.6) is 0 Å². The first kappa shape index (κ1) is 22.3. The van der Waals surface area contributed by atoms with Gasteiger partial charge in [-0.15, -0.1) is 0 Å². The molecule has 2 heterocycles. The number of carbonyl (C=O) groups is 1. The van der Waals surface area contributed by atoms with Crippen molar-refractivity contribution in [2.45, 2.75) is 11.3 Å². The molecule has 0 aliphatic heterocycles. The van der Waals surface area contributed by atoms with Crippen LogP contribution in [0.4, 0.5) is 5.69 Å². The van der Waals surface area contributed by atoms with E-state index < -0.39 is 10.0 Å². The minimum atomic E-state index is -3.56. The molecule has 10 heteroatoms. The minimum absolute atomic E-state index is 0.117. The van der Waals surface area contributed by atoms with E-state index in [4.69, 9.17) is 4.52 Å². The summed E-state index contributed by atoms with van der Waals surface area (Å²) >= 11 is 0. The molecule has 4 aromatic rings. The maximum Gasteiger partial charge on any atom is 0.255 e. The zero-order valence-electron chi connectivity index (χ0n) is 18.0. The van der Waals surface area contributed by atoms with Gasteiger partial charge in [0.1, 0.15) is 0 Å². The number of anilines is 1. The second-order valence-corrected chi connectivity index (χ2v) is 9.50. The molecule has 0 unspecified atom stereocenters. The lowest BCUT2D eigenvalue weighted by atomic mass is 10.1. The highest BCUT2D eigenvalue weighted by atomic mass is 32.2. The number of rotatable bonds is 7. The fraction of sp³-hybridized carbons (Fsp3) is 0.130. The lowest BCUT2D eigenvalue weighted by Crippen LogP contribution is -2.22. The average Bonchev–Trinajstić information content (AvgIpc) is 3.29. The number of para-hydroxylation sites is 1. The lowest BCUT2D eigenvalue weighted by molar-refractivity contribution is 0.102. The molecule has 0 saturated carbocycles. The van der Waals surface area contributed by atoms with Crippen molar-refractivity contribution in [1.82, 2.24) is 19.4 Å². The Balaban J connectivity index is 1.50. The molecule has 0 saturated heterocycles. The Labute approximate surface area is 191 Å². The molecule has 0 spiro atoms. The van der Waals surface area contributed by atoms with Crippen molar-refractivity contribution >= 4 is 21.6 Å². The van der Waals surface area contributed by atoms with Crippen LogP contribution in [0.25, 0.3) is 11.4 Å². The first-order valence-corrected chi connectivity index (χ1v) is 11.4. The van der Waals surface area contributed by atoms with Gasteiger partial charge in [0.05, 0.1) is 11.3 Å². The predicted molar refractivity (Wildman–Crippen MR) is 122 cm³/mol. The summed E-state index contributed by atoms with van der Waals surface area (Å²) < 4.78 is 30.9. The van der Waals surface area contributed by atoms with Crippen molar-refractivity contribution in [2.24, 2.45) is 0 Å². The highest BCUT2D eigenvalue weighted by Crippen LogP contribution is 2.22. The van der Waals surface area contributed by atoms with Gasteiger partial charge in [-0.2, -0.15) is 4.98 Å². The minimum Gasteiger partial charge on any atom is -0.339 e. The lowest BCUT2D eigenvalue weighted by Gasteiger charge is -2.12. The molecule has 33 heavy (non-hydrogen) atoms. The maximum atomic E-state index is 12.8. The van der Waals surface area contributed by atoms with Crippen molar-refractivity contribution in [3.05, 3.63) is 90.1 Å². The number of hydrogen-bond donors (Lipinski definition) is 1. The Morgan fingerprint density at radius 2 is 1.70 bits per heavy atom. The molecule has 2 aromatic carbocycles. The van der Waals surface area contributed by atoms with Gasteiger partial charge in [0.25, 0.3) is 5.91 Å². The molecular weight excluding hydrogens is 442 g/mol. The molecule has 0 fully saturated rings. The van der Waals surface area contributed by atoms with Crippen molar-refractivity contribution in [3.8, 4) is 11.4 Å². The van der Waals surface area contributed by atoms with E-state index in [9.17, 15) is 13.2 Å². The van der Waals surface area contributed by atoms with E-state index in [1.54, 1.807) is 30.6 Å². The van der Waals surface area contributed by atoms with E-state index >= 15 is 0 Å². The highest BCUT2D eigenvalue weighted by Gasteiger charge is 2.18. The summed E-state index contributed by atoms with van der Waals surface area (Å²) in [5, 5.41) is 6.88. The van der Waals surface area contributed by atoms with Crippen LogP contribution in [0.2, 0.25) is 0 Å². The van der Waals surface area contributed by atoms with Crippen molar-refractivity contribution in [2.75, 3.05) is 19.4 Å². The molecule has 9 nitrogen and oxygen atoms in total. The van der Waals surface area contributed by atoms with E-state index in [1.807, 2.05) is 18.2 Å². The predicted octanol–water partition coefficient (Wildman–Crippen LogP) is 3.23. The van der Waals surface area contributed by atoms with Crippen LogP contribution in [0, 0.1) is 0 Å². The van der Waals surface area contributed by atoms with Crippen LogP contribution in [0.3, 0.4) is 0 Å². The molecule has 1 N–H and O–H groups in total. The number of nitrogens with one attached hydrogen (secondary N) is 1. The third kappa shape index (κ3) is 4.97. The van der Waals surface area contributed by atoms with Crippen molar-refractivity contribution in [3.63, 3.8) is 0 Å².